The number of carbonyl (C=O) groups excluding carboxylic acids is 1. The van der Waals surface area contributed by atoms with Crippen LogP contribution in [0.1, 0.15) is 36.5 Å². The van der Waals surface area contributed by atoms with Gasteiger partial charge >= 0.3 is 0 Å². The van der Waals surface area contributed by atoms with Gasteiger partial charge in [-0.2, -0.15) is 4.31 Å². The molecule has 3 unspecified atom stereocenters. The minimum Gasteiger partial charge on any atom is -0.391 e. The van der Waals surface area contributed by atoms with Gasteiger partial charge in [-0.3, -0.25) is 4.79 Å². The molecule has 2 aliphatic rings. The highest BCUT2D eigenvalue weighted by Crippen LogP contribution is 2.25. The Balaban J connectivity index is 1.64. The van der Waals surface area contributed by atoms with Crippen LogP contribution in [-0.4, -0.2) is 62.1 Å². The smallest absolute Gasteiger partial charge is 0.251 e. The average molecular weight is 381 g/mol. The monoisotopic (exact) mass is 381 g/mol. The highest BCUT2D eigenvalue weighted by molar-refractivity contribution is 7.89. The lowest BCUT2D eigenvalue weighted by Gasteiger charge is -2.32. The van der Waals surface area contributed by atoms with Crippen LogP contribution in [0.5, 0.6) is 0 Å². The maximum Gasteiger partial charge on any atom is 0.251 e. The topological polar surface area (TPSA) is 98.7 Å². The van der Waals surface area contributed by atoms with E-state index in [4.69, 9.17) is 0 Å². The van der Waals surface area contributed by atoms with Crippen molar-refractivity contribution < 1.29 is 18.3 Å². The van der Waals surface area contributed by atoms with Gasteiger partial charge in [0.05, 0.1) is 11.0 Å². The third-order valence-electron chi connectivity index (χ3n) is 5.29. The fourth-order valence-corrected chi connectivity index (χ4v) is 5.30. The Morgan fingerprint density at radius 1 is 1.27 bits per heavy atom. The number of sulfonamides is 1. The molecule has 1 amide bonds. The average Bonchev–Trinajstić information content (AvgIpc) is 3.05. The van der Waals surface area contributed by atoms with Crippen LogP contribution in [0.25, 0.3) is 0 Å². The Morgan fingerprint density at radius 3 is 2.62 bits per heavy atom. The van der Waals surface area contributed by atoms with Crippen LogP contribution in [0.4, 0.5) is 0 Å². The lowest BCUT2D eigenvalue weighted by Crippen LogP contribution is -2.41. The van der Waals surface area contributed by atoms with Crippen molar-refractivity contribution in [1.29, 1.82) is 0 Å². The number of hydrogen-bond acceptors (Lipinski definition) is 5. The summed E-state index contributed by atoms with van der Waals surface area (Å²) >= 11 is 0. The van der Waals surface area contributed by atoms with Crippen molar-refractivity contribution in [3.8, 4) is 0 Å². The first-order valence-corrected chi connectivity index (χ1v) is 10.6. The zero-order valence-corrected chi connectivity index (χ0v) is 15.8. The van der Waals surface area contributed by atoms with Crippen LogP contribution in [-0.2, 0) is 10.0 Å². The van der Waals surface area contributed by atoms with Gasteiger partial charge in [-0.15, -0.1) is 0 Å². The third kappa shape index (κ3) is 4.09. The highest BCUT2D eigenvalue weighted by atomic mass is 32.2. The van der Waals surface area contributed by atoms with Gasteiger partial charge in [0.25, 0.3) is 5.91 Å². The molecule has 3 rings (SSSR count). The summed E-state index contributed by atoms with van der Waals surface area (Å²) in [5, 5.41) is 15.6. The molecular formula is C18H27N3O4S. The van der Waals surface area contributed by atoms with E-state index in [0.29, 0.717) is 31.7 Å². The zero-order valence-electron chi connectivity index (χ0n) is 15.0. The molecule has 0 radical (unpaired) electrons. The van der Waals surface area contributed by atoms with E-state index in [1.807, 2.05) is 6.92 Å². The lowest BCUT2D eigenvalue weighted by atomic mass is 10.1. The number of hydrogen-bond donors (Lipinski definition) is 3. The van der Waals surface area contributed by atoms with Crippen LogP contribution >= 0.6 is 0 Å². The Labute approximate surface area is 154 Å². The van der Waals surface area contributed by atoms with Crippen molar-refractivity contribution in [2.75, 3.05) is 26.2 Å². The summed E-state index contributed by atoms with van der Waals surface area (Å²) in [5.74, 6) is -0.265. The molecule has 26 heavy (non-hydrogen) atoms. The molecule has 0 aromatic heterocycles. The summed E-state index contributed by atoms with van der Waals surface area (Å²) in [7, 11) is -3.53. The van der Waals surface area contributed by atoms with Crippen molar-refractivity contribution in [2.45, 2.75) is 43.2 Å². The zero-order chi connectivity index (χ0) is 18.7. The second-order valence-corrected chi connectivity index (χ2v) is 9.07. The predicted molar refractivity (Wildman–Crippen MR) is 98.3 cm³/mol. The Kier molecular flexibility index (Phi) is 5.96. The van der Waals surface area contributed by atoms with E-state index < -0.39 is 16.1 Å². The maximum atomic E-state index is 12.8. The van der Waals surface area contributed by atoms with Crippen molar-refractivity contribution in [1.82, 2.24) is 14.9 Å². The summed E-state index contributed by atoms with van der Waals surface area (Å²) in [4.78, 5) is 12.5. The van der Waals surface area contributed by atoms with E-state index in [1.54, 1.807) is 16.4 Å². The number of carbonyl (C=O) groups is 1. The molecule has 7 nitrogen and oxygen atoms in total. The fraction of sp³-hybridized carbons (Fsp3) is 0.611. The molecule has 2 heterocycles. The number of nitrogens with one attached hydrogen (secondary N) is 2. The lowest BCUT2D eigenvalue weighted by molar-refractivity contribution is 0.0927. The number of amides is 1. The van der Waals surface area contributed by atoms with Gasteiger partial charge in [0.1, 0.15) is 0 Å². The number of aliphatic hydroxyl groups excluding tert-OH is 1. The van der Waals surface area contributed by atoms with Crippen LogP contribution < -0.4 is 10.6 Å². The maximum absolute atomic E-state index is 12.8. The summed E-state index contributed by atoms with van der Waals surface area (Å²) in [5.41, 5.74) is 0.413. The molecule has 1 aromatic carbocycles. The normalized spacial score (nSPS) is 27.4. The van der Waals surface area contributed by atoms with Gasteiger partial charge in [-0.25, -0.2) is 8.42 Å². The number of β-amino-alcohol motifs (C(OH)–C–C–N with tert-alkyl or cyclic N) is 1. The third-order valence-corrected chi connectivity index (χ3v) is 7.32. The summed E-state index contributed by atoms with van der Waals surface area (Å²) in [6.45, 7) is 4.08. The SMILES string of the molecule is CC1CCCCN1S(=O)(=O)c1ccc(C(=O)NCC2CNCC2O)cc1. The van der Waals surface area contributed by atoms with Crippen molar-refractivity contribution >= 4 is 15.9 Å². The van der Waals surface area contributed by atoms with E-state index in [-0.39, 0.29) is 22.8 Å². The first kappa shape index (κ1) is 19.3. The van der Waals surface area contributed by atoms with Gasteiger partial charge in [-0.05, 0) is 44.0 Å². The summed E-state index contributed by atoms with van der Waals surface area (Å²) in [6, 6.07) is 6.08. The largest absolute Gasteiger partial charge is 0.391 e. The van der Waals surface area contributed by atoms with Gasteiger partial charge in [0, 0.05) is 43.7 Å². The molecule has 2 aliphatic heterocycles. The molecule has 8 heteroatoms. The Bertz CT molecular complexity index is 735. The quantitative estimate of drug-likeness (QED) is 0.692. The van der Waals surface area contributed by atoms with E-state index in [1.165, 1.54) is 12.1 Å². The molecule has 0 saturated carbocycles. The molecule has 0 spiro atoms. The van der Waals surface area contributed by atoms with Crippen LogP contribution in [0, 0.1) is 5.92 Å². The van der Waals surface area contributed by atoms with Crippen LogP contribution in [0.3, 0.4) is 0 Å². The molecule has 1 aromatic rings. The molecule has 2 fully saturated rings. The number of nitrogens with zero attached hydrogens (tertiary/aromatic N) is 1. The van der Waals surface area contributed by atoms with Gasteiger partial charge < -0.3 is 15.7 Å². The molecule has 0 aliphatic carbocycles. The highest BCUT2D eigenvalue weighted by Gasteiger charge is 2.31. The van der Waals surface area contributed by atoms with Crippen molar-refractivity contribution in [2.24, 2.45) is 5.92 Å². The van der Waals surface area contributed by atoms with E-state index >= 15 is 0 Å². The predicted octanol–water partition coefficient (Wildman–Crippen LogP) is 0.560. The second-order valence-electron chi connectivity index (χ2n) is 7.18. The molecule has 0 bridgehead atoms. The minimum absolute atomic E-state index is 0.000750. The number of aliphatic hydroxyl groups is 1. The first-order valence-electron chi connectivity index (χ1n) is 9.18. The standard InChI is InChI=1S/C18H27N3O4S/c1-13-4-2-3-9-21(13)26(24,25)16-7-5-14(6-8-16)18(23)20-11-15-10-19-12-17(15)22/h5-8,13,15,17,19,22H,2-4,9-12H2,1H3,(H,20,23). The van der Waals surface area contributed by atoms with Gasteiger partial charge in [0.15, 0.2) is 0 Å². The molecular weight excluding hydrogens is 354 g/mol. The molecule has 2 saturated heterocycles. The van der Waals surface area contributed by atoms with E-state index in [9.17, 15) is 18.3 Å². The van der Waals surface area contributed by atoms with Crippen molar-refractivity contribution in [3.63, 3.8) is 0 Å². The molecule has 3 N–H and O–H groups in total. The summed E-state index contributed by atoms with van der Waals surface area (Å²) < 4.78 is 27.2. The van der Waals surface area contributed by atoms with Gasteiger partial charge in [0.2, 0.25) is 10.0 Å². The minimum atomic E-state index is -3.53. The molecule has 3 atom stereocenters. The number of benzene rings is 1. The molecule has 144 valence electrons. The van der Waals surface area contributed by atoms with Crippen LogP contribution in [0.15, 0.2) is 29.2 Å². The van der Waals surface area contributed by atoms with Crippen LogP contribution in [0.2, 0.25) is 0 Å². The summed E-state index contributed by atoms with van der Waals surface area (Å²) in [6.07, 6.45) is 2.36. The van der Waals surface area contributed by atoms with E-state index in [2.05, 4.69) is 10.6 Å². The second kappa shape index (κ2) is 8.04. The Morgan fingerprint density at radius 2 is 2.00 bits per heavy atom. The number of piperidine rings is 1. The Hall–Kier alpha value is -1.48. The van der Waals surface area contributed by atoms with E-state index in [0.717, 1.165) is 19.3 Å². The first-order chi connectivity index (χ1) is 12.4. The fourth-order valence-electron chi connectivity index (χ4n) is 3.60. The van der Waals surface area contributed by atoms with Crippen molar-refractivity contribution in [3.05, 3.63) is 29.8 Å². The number of rotatable bonds is 5. The van der Waals surface area contributed by atoms with Gasteiger partial charge in [-0.1, -0.05) is 6.42 Å².